The van der Waals surface area contributed by atoms with Gasteiger partial charge in [-0.25, -0.2) is 0 Å². The molecule has 7 nitrogen and oxygen atoms in total. The molecule has 20 heavy (non-hydrogen) atoms. The summed E-state index contributed by atoms with van der Waals surface area (Å²) < 4.78 is 3.04. The molecule has 7 heteroatoms. The Morgan fingerprint density at radius 2 is 2.10 bits per heavy atom. The Balaban J connectivity index is 2.28. The lowest BCUT2D eigenvalue weighted by molar-refractivity contribution is 0.101. The van der Waals surface area contributed by atoms with Gasteiger partial charge in [-0.15, -0.1) is 0 Å². The average molecular weight is 275 g/mol. The number of nitrogen functional groups attached to an aromatic ring is 1. The average Bonchev–Trinajstić information content (AvgIpc) is 2.82. The van der Waals surface area contributed by atoms with Crippen LogP contribution in [0.1, 0.15) is 24.3 Å². The van der Waals surface area contributed by atoms with Crippen LogP contribution in [0.4, 0.5) is 11.4 Å². The number of nitrogens with two attached hydrogens (primary N) is 1. The number of nitrogens with zero attached hydrogens (tertiary/aromatic N) is 3. The van der Waals surface area contributed by atoms with Crippen LogP contribution in [0.5, 0.6) is 0 Å². The Bertz CT molecular complexity index is 686. The molecule has 2 rings (SSSR count). The second-order valence-corrected chi connectivity index (χ2v) is 4.26. The van der Waals surface area contributed by atoms with E-state index < -0.39 is 0 Å². The number of pyridine rings is 1. The molecule has 106 valence electrons. The molecular formula is C13H17N5O2. The van der Waals surface area contributed by atoms with Crippen molar-refractivity contribution in [2.75, 3.05) is 11.1 Å². The fraction of sp³-hybridized carbons (Fsp3) is 0.308. The summed E-state index contributed by atoms with van der Waals surface area (Å²) in [4.78, 5) is 23.7. The van der Waals surface area contributed by atoms with Gasteiger partial charge in [0.05, 0.1) is 17.6 Å². The van der Waals surface area contributed by atoms with Gasteiger partial charge in [0.2, 0.25) is 0 Å². The second kappa shape index (κ2) is 5.60. The topological polar surface area (TPSA) is 94.9 Å². The van der Waals surface area contributed by atoms with Crippen LogP contribution in [0.2, 0.25) is 0 Å². The van der Waals surface area contributed by atoms with Crippen molar-refractivity contribution in [2.24, 2.45) is 0 Å². The Morgan fingerprint density at radius 3 is 2.75 bits per heavy atom. The van der Waals surface area contributed by atoms with Crippen LogP contribution in [0.15, 0.2) is 29.3 Å². The Labute approximate surface area is 116 Å². The first-order chi connectivity index (χ1) is 9.56. The second-order valence-electron chi connectivity index (χ2n) is 4.26. The molecule has 0 fully saturated rings. The molecule has 3 N–H and O–H groups in total. The molecule has 0 spiro atoms. The van der Waals surface area contributed by atoms with Gasteiger partial charge in [0.25, 0.3) is 11.5 Å². The maximum atomic E-state index is 12.2. The zero-order valence-electron chi connectivity index (χ0n) is 11.5. The molecule has 2 heterocycles. The highest BCUT2D eigenvalue weighted by Crippen LogP contribution is 2.13. The Kier molecular flexibility index (Phi) is 3.88. The first-order valence-corrected chi connectivity index (χ1v) is 6.40. The van der Waals surface area contributed by atoms with Crippen LogP contribution in [0.3, 0.4) is 0 Å². The summed E-state index contributed by atoms with van der Waals surface area (Å²) in [5.74, 6) is -0.344. The van der Waals surface area contributed by atoms with E-state index in [4.69, 9.17) is 5.73 Å². The van der Waals surface area contributed by atoms with Crippen molar-refractivity contribution in [1.29, 1.82) is 0 Å². The van der Waals surface area contributed by atoms with Crippen molar-refractivity contribution >= 4 is 17.3 Å². The smallest absolute Gasteiger partial charge is 0.276 e. The van der Waals surface area contributed by atoms with E-state index in [0.717, 1.165) is 0 Å². The van der Waals surface area contributed by atoms with E-state index in [9.17, 15) is 9.59 Å². The summed E-state index contributed by atoms with van der Waals surface area (Å²) in [6.07, 6.45) is 3.05. The van der Waals surface area contributed by atoms with Gasteiger partial charge in [0, 0.05) is 25.4 Å². The molecule has 0 aliphatic heterocycles. The maximum Gasteiger partial charge on any atom is 0.276 e. The molecule has 2 aromatic rings. The number of hydrogen-bond acceptors (Lipinski definition) is 4. The van der Waals surface area contributed by atoms with E-state index in [2.05, 4.69) is 10.4 Å². The molecule has 0 aliphatic carbocycles. The van der Waals surface area contributed by atoms with Gasteiger partial charge in [0.1, 0.15) is 5.69 Å². The molecule has 0 unspecified atom stereocenters. The first-order valence-electron chi connectivity index (χ1n) is 6.40. The number of aryl methyl sites for hydroxylation is 2. The number of amides is 1. The fourth-order valence-electron chi connectivity index (χ4n) is 1.93. The number of rotatable bonds is 4. The van der Waals surface area contributed by atoms with Crippen molar-refractivity contribution < 1.29 is 4.79 Å². The van der Waals surface area contributed by atoms with Crippen molar-refractivity contribution in [3.05, 3.63) is 40.6 Å². The lowest BCUT2D eigenvalue weighted by Gasteiger charge is -2.09. The van der Waals surface area contributed by atoms with E-state index >= 15 is 0 Å². The van der Waals surface area contributed by atoms with E-state index in [0.29, 0.717) is 30.2 Å². The normalized spacial score (nSPS) is 10.5. The van der Waals surface area contributed by atoms with E-state index in [1.54, 1.807) is 12.3 Å². The lowest BCUT2D eigenvalue weighted by Crippen LogP contribution is -2.22. The lowest BCUT2D eigenvalue weighted by atomic mass is 10.3. The van der Waals surface area contributed by atoms with Crippen LogP contribution in [-0.2, 0) is 13.1 Å². The van der Waals surface area contributed by atoms with Crippen LogP contribution in [0.25, 0.3) is 0 Å². The standard InChI is InChI=1S/C13H17N5O2/c1-3-17-8-9(5-6-11(17)19)16-13(20)12-10(14)7-15-18(12)4-2/h5-8H,3-4,14H2,1-2H3,(H,16,20). The highest BCUT2D eigenvalue weighted by atomic mass is 16.2. The molecule has 0 saturated carbocycles. The Morgan fingerprint density at radius 1 is 1.35 bits per heavy atom. The van der Waals surface area contributed by atoms with Gasteiger partial charge in [-0.1, -0.05) is 0 Å². The third-order valence-electron chi connectivity index (χ3n) is 2.96. The zero-order chi connectivity index (χ0) is 14.7. The minimum Gasteiger partial charge on any atom is -0.396 e. The summed E-state index contributed by atoms with van der Waals surface area (Å²) in [5.41, 5.74) is 6.83. The largest absolute Gasteiger partial charge is 0.396 e. The molecule has 2 aromatic heterocycles. The zero-order valence-corrected chi connectivity index (χ0v) is 11.5. The van der Waals surface area contributed by atoms with Crippen molar-refractivity contribution in [1.82, 2.24) is 14.3 Å². The SMILES string of the molecule is CCn1ncc(N)c1C(=O)Nc1ccc(=O)n(CC)c1. The molecule has 0 radical (unpaired) electrons. The molecule has 0 saturated heterocycles. The molecule has 0 atom stereocenters. The number of carbonyl (C=O) groups excluding carboxylic acids is 1. The molecule has 1 amide bonds. The van der Waals surface area contributed by atoms with E-state index in [1.165, 1.54) is 21.5 Å². The van der Waals surface area contributed by atoms with Gasteiger partial charge in [0.15, 0.2) is 0 Å². The minimum atomic E-state index is -0.344. The predicted molar refractivity (Wildman–Crippen MR) is 76.6 cm³/mol. The molecule has 0 aliphatic rings. The quantitative estimate of drug-likeness (QED) is 0.867. The van der Waals surface area contributed by atoms with Crippen LogP contribution in [-0.4, -0.2) is 20.3 Å². The first kappa shape index (κ1) is 13.9. The summed E-state index contributed by atoms with van der Waals surface area (Å²) >= 11 is 0. The highest BCUT2D eigenvalue weighted by molar-refractivity contribution is 6.06. The highest BCUT2D eigenvalue weighted by Gasteiger charge is 2.16. The van der Waals surface area contributed by atoms with Crippen molar-refractivity contribution in [3.8, 4) is 0 Å². The minimum absolute atomic E-state index is 0.108. The number of aromatic nitrogens is 3. The van der Waals surface area contributed by atoms with Crippen molar-refractivity contribution in [2.45, 2.75) is 26.9 Å². The van der Waals surface area contributed by atoms with Gasteiger partial charge < -0.3 is 15.6 Å². The van der Waals surface area contributed by atoms with Gasteiger partial charge in [-0.05, 0) is 19.9 Å². The van der Waals surface area contributed by atoms with Gasteiger partial charge in [-0.2, -0.15) is 5.10 Å². The maximum absolute atomic E-state index is 12.2. The third kappa shape index (κ3) is 2.56. The summed E-state index contributed by atoms with van der Waals surface area (Å²) in [6, 6.07) is 2.98. The monoisotopic (exact) mass is 275 g/mol. The van der Waals surface area contributed by atoms with Gasteiger partial charge >= 0.3 is 0 Å². The van der Waals surface area contributed by atoms with Crippen LogP contribution < -0.4 is 16.6 Å². The van der Waals surface area contributed by atoms with Crippen molar-refractivity contribution in [3.63, 3.8) is 0 Å². The number of hydrogen-bond donors (Lipinski definition) is 2. The summed E-state index contributed by atoms with van der Waals surface area (Å²) in [7, 11) is 0. The molecule has 0 bridgehead atoms. The summed E-state index contributed by atoms with van der Waals surface area (Å²) in [5, 5.41) is 6.74. The Hall–Kier alpha value is -2.57. The predicted octanol–water partition coefficient (Wildman–Crippen LogP) is 0.919. The van der Waals surface area contributed by atoms with E-state index in [-0.39, 0.29) is 11.5 Å². The fourth-order valence-corrected chi connectivity index (χ4v) is 1.93. The van der Waals surface area contributed by atoms with Crippen LogP contribution in [0, 0.1) is 0 Å². The number of anilines is 2. The van der Waals surface area contributed by atoms with Gasteiger partial charge in [-0.3, -0.25) is 14.3 Å². The van der Waals surface area contributed by atoms with E-state index in [1.807, 2.05) is 13.8 Å². The summed E-state index contributed by atoms with van der Waals surface area (Å²) in [6.45, 7) is 4.82. The third-order valence-corrected chi connectivity index (χ3v) is 2.96. The number of nitrogens with one attached hydrogen (secondary N) is 1. The number of carbonyl (C=O) groups is 1. The molecule has 0 aromatic carbocycles. The van der Waals surface area contributed by atoms with Crippen LogP contribution >= 0.6 is 0 Å². The molecular weight excluding hydrogens is 258 g/mol.